The van der Waals surface area contributed by atoms with Crippen LogP contribution >= 0.6 is 11.8 Å². The maximum absolute atomic E-state index is 12.2. The van der Waals surface area contributed by atoms with Crippen molar-refractivity contribution in [1.82, 2.24) is 15.8 Å². The Morgan fingerprint density at radius 3 is 2.45 bits per heavy atom. The molecule has 150 valence electrons. The Morgan fingerprint density at radius 1 is 1.00 bits per heavy atom. The Morgan fingerprint density at radius 2 is 1.72 bits per heavy atom. The predicted octanol–water partition coefficient (Wildman–Crippen LogP) is 3.90. The molecule has 0 aliphatic heterocycles. The third-order valence-electron chi connectivity index (χ3n) is 4.59. The molecular weight excluding hydrogens is 382 g/mol. The van der Waals surface area contributed by atoms with Gasteiger partial charge in [0.1, 0.15) is 5.03 Å². The van der Waals surface area contributed by atoms with E-state index in [2.05, 4.69) is 49.8 Å². The lowest BCUT2D eigenvalue weighted by Crippen LogP contribution is -2.43. The first-order valence-corrected chi connectivity index (χ1v) is 10.6. The van der Waals surface area contributed by atoms with Gasteiger partial charge in [0.25, 0.3) is 0 Å². The van der Waals surface area contributed by atoms with E-state index in [9.17, 15) is 9.59 Å². The largest absolute Gasteiger partial charge is 0.273 e. The summed E-state index contributed by atoms with van der Waals surface area (Å²) in [5, 5.41) is 2.00. The average molecular weight is 408 g/mol. The SMILES string of the molecule is CCc1cc2c(C)cc(C)cc2nc1SCC(=O)NNC(=O)Cc1ccccc1. The summed E-state index contributed by atoms with van der Waals surface area (Å²) in [4.78, 5) is 28.9. The zero-order chi connectivity index (χ0) is 20.8. The summed E-state index contributed by atoms with van der Waals surface area (Å²) in [7, 11) is 0. The van der Waals surface area contributed by atoms with Gasteiger partial charge in [0.05, 0.1) is 17.7 Å². The predicted molar refractivity (Wildman–Crippen MR) is 118 cm³/mol. The lowest BCUT2D eigenvalue weighted by molar-refractivity contribution is -0.127. The third kappa shape index (κ3) is 5.57. The summed E-state index contributed by atoms with van der Waals surface area (Å²) in [6.45, 7) is 6.23. The standard InChI is InChI=1S/C23H25N3O2S/c1-4-18-13-19-16(3)10-15(2)11-20(19)24-23(18)29-14-22(28)26-25-21(27)12-17-8-6-5-7-9-17/h5-11,13H,4,12,14H2,1-3H3,(H,25,27)(H,26,28). The maximum atomic E-state index is 12.2. The van der Waals surface area contributed by atoms with E-state index in [1.165, 1.54) is 22.9 Å². The van der Waals surface area contributed by atoms with Gasteiger partial charge in [0.2, 0.25) is 11.8 Å². The topological polar surface area (TPSA) is 71.1 Å². The Kier molecular flexibility index (Phi) is 6.88. The highest BCUT2D eigenvalue weighted by Crippen LogP contribution is 2.27. The molecule has 2 amide bonds. The molecule has 5 nitrogen and oxygen atoms in total. The van der Waals surface area contributed by atoms with Gasteiger partial charge in [0.15, 0.2) is 0 Å². The second kappa shape index (κ2) is 9.56. The molecule has 0 saturated heterocycles. The molecule has 2 N–H and O–H groups in total. The molecular formula is C23H25N3O2S. The number of thioether (sulfide) groups is 1. The van der Waals surface area contributed by atoms with E-state index in [-0.39, 0.29) is 24.0 Å². The highest BCUT2D eigenvalue weighted by Gasteiger charge is 2.12. The van der Waals surface area contributed by atoms with E-state index in [4.69, 9.17) is 4.98 Å². The van der Waals surface area contributed by atoms with Crippen molar-refractivity contribution >= 4 is 34.5 Å². The molecule has 0 unspecified atom stereocenters. The van der Waals surface area contributed by atoms with E-state index < -0.39 is 0 Å². The summed E-state index contributed by atoms with van der Waals surface area (Å²) in [6.07, 6.45) is 1.06. The number of amides is 2. The summed E-state index contributed by atoms with van der Waals surface area (Å²) >= 11 is 1.39. The van der Waals surface area contributed by atoms with Gasteiger partial charge in [-0.25, -0.2) is 4.98 Å². The number of nitrogens with zero attached hydrogens (tertiary/aromatic N) is 1. The number of carbonyl (C=O) groups is 2. The molecule has 1 heterocycles. The second-order valence-electron chi connectivity index (χ2n) is 7.00. The van der Waals surface area contributed by atoms with Crippen LogP contribution in [0.1, 0.15) is 29.2 Å². The lowest BCUT2D eigenvalue weighted by Gasteiger charge is -2.12. The van der Waals surface area contributed by atoms with Crippen LogP contribution in [-0.2, 0) is 22.4 Å². The summed E-state index contributed by atoms with van der Waals surface area (Å²) in [5.41, 5.74) is 10.3. The van der Waals surface area contributed by atoms with Crippen LogP contribution in [0.4, 0.5) is 0 Å². The van der Waals surface area contributed by atoms with Gasteiger partial charge in [-0.2, -0.15) is 0 Å². The van der Waals surface area contributed by atoms with Crippen molar-refractivity contribution in [3.63, 3.8) is 0 Å². The Bertz CT molecular complexity index is 1040. The number of benzene rings is 2. The van der Waals surface area contributed by atoms with Gasteiger partial charge in [-0.1, -0.05) is 55.1 Å². The molecule has 0 fully saturated rings. The Hall–Kier alpha value is -2.86. The van der Waals surface area contributed by atoms with Gasteiger partial charge in [-0.05, 0) is 54.7 Å². The second-order valence-corrected chi connectivity index (χ2v) is 7.97. The molecule has 1 aromatic heterocycles. The molecule has 6 heteroatoms. The van der Waals surface area contributed by atoms with Crippen LogP contribution in [0.2, 0.25) is 0 Å². The summed E-state index contributed by atoms with van der Waals surface area (Å²) in [5.74, 6) is -0.332. The van der Waals surface area contributed by atoms with Gasteiger partial charge in [0, 0.05) is 5.39 Å². The van der Waals surface area contributed by atoms with Crippen molar-refractivity contribution in [2.75, 3.05) is 5.75 Å². The molecule has 0 aliphatic carbocycles. The molecule has 3 aromatic rings. The molecule has 2 aromatic carbocycles. The number of carbonyl (C=O) groups excluding carboxylic acids is 2. The monoisotopic (exact) mass is 407 g/mol. The van der Waals surface area contributed by atoms with Crippen molar-refractivity contribution in [3.8, 4) is 0 Å². The van der Waals surface area contributed by atoms with Crippen molar-refractivity contribution in [2.24, 2.45) is 0 Å². The molecule has 0 radical (unpaired) electrons. The molecule has 0 saturated carbocycles. The fraction of sp³-hybridized carbons (Fsp3) is 0.261. The Balaban J connectivity index is 1.59. The van der Waals surface area contributed by atoms with E-state index in [1.54, 1.807) is 0 Å². The molecule has 0 bridgehead atoms. The summed E-state index contributed by atoms with van der Waals surface area (Å²) < 4.78 is 0. The quantitative estimate of drug-likeness (QED) is 0.480. The van der Waals surface area contributed by atoms with Crippen LogP contribution in [0, 0.1) is 13.8 Å². The number of aromatic nitrogens is 1. The van der Waals surface area contributed by atoms with Gasteiger partial charge >= 0.3 is 0 Å². The van der Waals surface area contributed by atoms with Gasteiger partial charge in [-0.15, -0.1) is 0 Å². The van der Waals surface area contributed by atoms with Crippen LogP contribution in [0.25, 0.3) is 10.9 Å². The first-order valence-electron chi connectivity index (χ1n) is 9.61. The van der Waals surface area contributed by atoms with Crippen molar-refractivity contribution in [3.05, 3.63) is 70.8 Å². The first kappa shape index (κ1) is 20.9. The molecule has 0 spiro atoms. The number of hydrazine groups is 1. The number of nitrogens with one attached hydrogen (secondary N) is 2. The first-order chi connectivity index (χ1) is 14.0. The van der Waals surface area contributed by atoms with E-state index in [1.807, 2.05) is 30.3 Å². The van der Waals surface area contributed by atoms with Crippen molar-refractivity contribution in [2.45, 2.75) is 38.6 Å². The van der Waals surface area contributed by atoms with Crippen LogP contribution in [0.15, 0.2) is 53.6 Å². The molecule has 0 aliphatic rings. The number of pyridine rings is 1. The van der Waals surface area contributed by atoms with E-state index in [0.717, 1.165) is 33.5 Å². The number of hydrogen-bond donors (Lipinski definition) is 2. The zero-order valence-electron chi connectivity index (χ0n) is 16.9. The molecule has 0 atom stereocenters. The molecule has 3 rings (SSSR count). The van der Waals surface area contributed by atoms with Crippen LogP contribution < -0.4 is 10.9 Å². The minimum absolute atomic E-state index is 0.182. The normalized spacial score (nSPS) is 10.7. The maximum Gasteiger partial charge on any atom is 0.248 e. The third-order valence-corrected chi connectivity index (χ3v) is 5.63. The number of rotatable bonds is 6. The van der Waals surface area contributed by atoms with E-state index >= 15 is 0 Å². The minimum Gasteiger partial charge on any atom is -0.273 e. The average Bonchev–Trinajstić information content (AvgIpc) is 2.70. The zero-order valence-corrected chi connectivity index (χ0v) is 17.7. The smallest absolute Gasteiger partial charge is 0.248 e. The lowest BCUT2D eigenvalue weighted by atomic mass is 10.0. The van der Waals surface area contributed by atoms with Crippen LogP contribution in [0.3, 0.4) is 0 Å². The fourth-order valence-corrected chi connectivity index (χ4v) is 4.06. The minimum atomic E-state index is -0.263. The van der Waals surface area contributed by atoms with Crippen molar-refractivity contribution < 1.29 is 9.59 Å². The highest BCUT2D eigenvalue weighted by atomic mass is 32.2. The van der Waals surface area contributed by atoms with Crippen LogP contribution in [-0.4, -0.2) is 22.6 Å². The van der Waals surface area contributed by atoms with Crippen molar-refractivity contribution in [1.29, 1.82) is 0 Å². The van der Waals surface area contributed by atoms with Gasteiger partial charge in [-0.3, -0.25) is 20.4 Å². The number of aryl methyl sites for hydroxylation is 3. The Labute approximate surface area is 175 Å². The number of fused-ring (bicyclic) bond motifs is 1. The van der Waals surface area contributed by atoms with Gasteiger partial charge < -0.3 is 0 Å². The fourth-order valence-electron chi connectivity index (χ4n) is 3.17. The molecule has 29 heavy (non-hydrogen) atoms. The summed E-state index contributed by atoms with van der Waals surface area (Å²) in [6, 6.07) is 15.8. The number of hydrogen-bond acceptors (Lipinski definition) is 4. The van der Waals surface area contributed by atoms with Crippen LogP contribution in [0.5, 0.6) is 0 Å². The van der Waals surface area contributed by atoms with E-state index in [0.29, 0.717) is 0 Å². The highest BCUT2D eigenvalue weighted by molar-refractivity contribution is 7.99.